The van der Waals surface area contributed by atoms with Gasteiger partial charge < -0.3 is 19.8 Å². The Morgan fingerprint density at radius 3 is 2.79 bits per heavy atom. The van der Waals surface area contributed by atoms with E-state index in [-0.39, 0.29) is 44.0 Å². The molecule has 10 nitrogen and oxygen atoms in total. The topological polar surface area (TPSA) is 125 Å². The molecule has 1 fully saturated rings. The standard InChI is InChI=1S/C22H26N4O6S/c27-18(23-12-15-4-2-9-31-15)6-1-8-25-21(29)20-17(7-11-33-20)26(22(25)30)14-19(28)24-13-16-5-3-10-32-16/h2,4,7,9,11,16H,1,3,5-6,8,10,12-14H2,(H,23,27)(H,24,28)/t16-/m0/s1. The summed E-state index contributed by atoms with van der Waals surface area (Å²) in [6.07, 6.45) is 3.86. The Hall–Kier alpha value is -3.18. The van der Waals surface area contributed by atoms with Gasteiger partial charge in [-0.05, 0) is 42.8 Å². The molecule has 1 aliphatic heterocycles. The Kier molecular flexibility index (Phi) is 7.40. The Labute approximate surface area is 193 Å². The third kappa shape index (κ3) is 5.60. The molecule has 1 saturated heterocycles. The summed E-state index contributed by atoms with van der Waals surface area (Å²) in [5.41, 5.74) is -0.527. The summed E-state index contributed by atoms with van der Waals surface area (Å²) in [7, 11) is 0. The molecule has 2 amide bonds. The first-order valence-corrected chi connectivity index (χ1v) is 11.8. The van der Waals surface area contributed by atoms with E-state index in [1.165, 1.54) is 22.2 Å². The first kappa shape index (κ1) is 23.0. The van der Waals surface area contributed by atoms with Crippen LogP contribution in [-0.4, -0.2) is 40.2 Å². The van der Waals surface area contributed by atoms with Crippen molar-refractivity contribution in [2.45, 2.75) is 51.4 Å². The largest absolute Gasteiger partial charge is 0.467 e. The van der Waals surface area contributed by atoms with E-state index in [2.05, 4.69) is 10.6 Å². The molecule has 0 saturated carbocycles. The maximum Gasteiger partial charge on any atom is 0.332 e. The van der Waals surface area contributed by atoms with Gasteiger partial charge >= 0.3 is 5.69 Å². The zero-order valence-electron chi connectivity index (χ0n) is 18.1. The second-order valence-corrected chi connectivity index (χ2v) is 8.78. The summed E-state index contributed by atoms with van der Waals surface area (Å²) in [4.78, 5) is 50.5. The van der Waals surface area contributed by atoms with Crippen molar-refractivity contribution in [3.05, 3.63) is 56.4 Å². The molecule has 0 aromatic carbocycles. The Balaban J connectivity index is 1.41. The fourth-order valence-electron chi connectivity index (χ4n) is 3.80. The highest BCUT2D eigenvalue weighted by Crippen LogP contribution is 2.15. The molecular weight excluding hydrogens is 448 g/mol. The quantitative estimate of drug-likeness (QED) is 0.455. The third-order valence-corrected chi connectivity index (χ3v) is 6.41. The van der Waals surface area contributed by atoms with Crippen LogP contribution < -0.4 is 21.9 Å². The fraction of sp³-hybridized carbons (Fsp3) is 0.455. The van der Waals surface area contributed by atoms with E-state index in [0.717, 1.165) is 17.4 Å². The van der Waals surface area contributed by atoms with E-state index >= 15 is 0 Å². The summed E-state index contributed by atoms with van der Waals surface area (Å²) in [6.45, 7) is 1.26. The van der Waals surface area contributed by atoms with E-state index in [1.807, 2.05) is 0 Å². The molecule has 0 aliphatic carbocycles. The first-order chi connectivity index (χ1) is 16.0. The van der Waals surface area contributed by atoms with E-state index in [9.17, 15) is 19.2 Å². The van der Waals surface area contributed by atoms with Gasteiger partial charge in [-0.3, -0.25) is 23.5 Å². The number of hydrogen-bond donors (Lipinski definition) is 2. The number of fused-ring (bicyclic) bond motifs is 1. The molecule has 33 heavy (non-hydrogen) atoms. The number of hydrogen-bond acceptors (Lipinski definition) is 7. The van der Waals surface area contributed by atoms with Crippen LogP contribution in [-0.2, 0) is 34.0 Å². The lowest BCUT2D eigenvalue weighted by Gasteiger charge is -2.14. The van der Waals surface area contributed by atoms with Gasteiger partial charge in [0.15, 0.2) is 0 Å². The number of amides is 2. The molecule has 0 unspecified atom stereocenters. The molecule has 1 aliphatic rings. The van der Waals surface area contributed by atoms with E-state index in [1.54, 1.807) is 23.6 Å². The summed E-state index contributed by atoms with van der Waals surface area (Å²) in [6, 6.07) is 5.17. The van der Waals surface area contributed by atoms with Gasteiger partial charge in [0.25, 0.3) is 5.56 Å². The van der Waals surface area contributed by atoms with Gasteiger partial charge in [0.2, 0.25) is 11.8 Å². The first-order valence-electron chi connectivity index (χ1n) is 10.9. The summed E-state index contributed by atoms with van der Waals surface area (Å²) >= 11 is 1.22. The van der Waals surface area contributed by atoms with Gasteiger partial charge in [-0.2, -0.15) is 0 Å². The van der Waals surface area contributed by atoms with Crippen molar-refractivity contribution < 1.29 is 18.7 Å². The molecule has 2 N–H and O–H groups in total. The normalized spacial score (nSPS) is 15.7. The predicted octanol–water partition coefficient (Wildman–Crippen LogP) is 1.21. The molecule has 3 aromatic heterocycles. The Morgan fingerprint density at radius 1 is 1.15 bits per heavy atom. The van der Waals surface area contributed by atoms with E-state index < -0.39 is 11.2 Å². The van der Waals surface area contributed by atoms with Gasteiger partial charge in [0.05, 0.1) is 24.4 Å². The maximum atomic E-state index is 13.1. The predicted molar refractivity (Wildman–Crippen MR) is 122 cm³/mol. The molecule has 176 valence electrons. The SMILES string of the molecule is O=C(CCCn1c(=O)c2sccc2n(CC(=O)NC[C@@H]2CCCO2)c1=O)NCc1ccco1. The van der Waals surface area contributed by atoms with Crippen LogP contribution in [0.5, 0.6) is 0 Å². The third-order valence-electron chi connectivity index (χ3n) is 5.51. The number of rotatable bonds is 10. The number of thiophene rings is 1. The molecular formula is C22H26N4O6S. The number of ether oxygens (including phenoxy) is 1. The number of nitrogens with one attached hydrogen (secondary N) is 2. The lowest BCUT2D eigenvalue weighted by molar-refractivity contribution is -0.122. The molecule has 4 rings (SSSR count). The molecule has 1 atom stereocenters. The monoisotopic (exact) mass is 474 g/mol. The molecule has 4 heterocycles. The second-order valence-electron chi connectivity index (χ2n) is 7.86. The van der Waals surface area contributed by atoms with Crippen LogP contribution in [0.2, 0.25) is 0 Å². The Morgan fingerprint density at radius 2 is 2.03 bits per heavy atom. The van der Waals surface area contributed by atoms with Crippen molar-refractivity contribution in [3.63, 3.8) is 0 Å². The van der Waals surface area contributed by atoms with Crippen LogP contribution in [0.25, 0.3) is 10.2 Å². The average molecular weight is 475 g/mol. The van der Waals surface area contributed by atoms with Crippen LogP contribution in [0.15, 0.2) is 43.8 Å². The number of furan rings is 1. The summed E-state index contributed by atoms with van der Waals surface area (Å²) in [5, 5.41) is 7.26. The summed E-state index contributed by atoms with van der Waals surface area (Å²) < 4.78 is 13.5. The van der Waals surface area contributed by atoms with Gasteiger partial charge in [-0.1, -0.05) is 0 Å². The van der Waals surface area contributed by atoms with Crippen LogP contribution in [0.3, 0.4) is 0 Å². The highest BCUT2D eigenvalue weighted by Gasteiger charge is 2.19. The summed E-state index contributed by atoms with van der Waals surface area (Å²) in [5.74, 6) is 0.122. The number of carbonyl (C=O) groups is 2. The van der Waals surface area contributed by atoms with Crippen molar-refractivity contribution in [3.8, 4) is 0 Å². The molecule has 0 bridgehead atoms. The highest BCUT2D eigenvalue weighted by atomic mass is 32.1. The lowest BCUT2D eigenvalue weighted by atomic mass is 10.2. The van der Waals surface area contributed by atoms with Crippen LogP contribution in [0, 0.1) is 0 Å². The van der Waals surface area contributed by atoms with Crippen molar-refractivity contribution >= 4 is 33.4 Å². The van der Waals surface area contributed by atoms with Crippen LogP contribution >= 0.6 is 11.3 Å². The van der Waals surface area contributed by atoms with Gasteiger partial charge in [-0.15, -0.1) is 11.3 Å². The van der Waals surface area contributed by atoms with Gasteiger partial charge in [-0.25, -0.2) is 4.79 Å². The van der Waals surface area contributed by atoms with Crippen molar-refractivity contribution in [2.75, 3.05) is 13.2 Å². The van der Waals surface area contributed by atoms with Crippen LogP contribution in [0.1, 0.15) is 31.4 Å². The minimum atomic E-state index is -0.561. The number of carbonyl (C=O) groups excluding carboxylic acids is 2. The van der Waals surface area contributed by atoms with Gasteiger partial charge in [0.1, 0.15) is 17.0 Å². The van der Waals surface area contributed by atoms with E-state index in [0.29, 0.717) is 35.5 Å². The van der Waals surface area contributed by atoms with Crippen molar-refractivity contribution in [2.24, 2.45) is 0 Å². The second kappa shape index (κ2) is 10.6. The zero-order valence-corrected chi connectivity index (χ0v) is 18.9. The average Bonchev–Trinajstić information content (AvgIpc) is 3.58. The minimum Gasteiger partial charge on any atom is -0.467 e. The molecule has 11 heteroatoms. The minimum absolute atomic E-state index is 0.000256. The number of nitrogens with zero attached hydrogens (tertiary/aromatic N) is 2. The van der Waals surface area contributed by atoms with E-state index in [4.69, 9.17) is 9.15 Å². The molecule has 3 aromatic rings. The van der Waals surface area contributed by atoms with Crippen molar-refractivity contribution in [1.29, 1.82) is 0 Å². The smallest absolute Gasteiger partial charge is 0.332 e. The fourth-order valence-corrected chi connectivity index (χ4v) is 4.64. The molecule has 0 spiro atoms. The molecule has 0 radical (unpaired) electrons. The zero-order chi connectivity index (χ0) is 23.2. The lowest BCUT2D eigenvalue weighted by Crippen LogP contribution is -2.43. The van der Waals surface area contributed by atoms with Crippen molar-refractivity contribution in [1.82, 2.24) is 19.8 Å². The van der Waals surface area contributed by atoms with Crippen LogP contribution in [0.4, 0.5) is 0 Å². The highest BCUT2D eigenvalue weighted by molar-refractivity contribution is 7.17. The van der Waals surface area contributed by atoms with Gasteiger partial charge in [0, 0.05) is 26.1 Å². The Bertz CT molecular complexity index is 1220. The number of aromatic nitrogens is 2. The maximum absolute atomic E-state index is 13.1.